The highest BCUT2D eigenvalue weighted by Gasteiger charge is 2.19. The summed E-state index contributed by atoms with van der Waals surface area (Å²) < 4.78 is 0. The van der Waals surface area contributed by atoms with Crippen molar-refractivity contribution < 1.29 is 9.72 Å². The number of nitro benzene ring substituents is 1. The van der Waals surface area contributed by atoms with Gasteiger partial charge in [-0.15, -0.1) is 0 Å². The number of carbonyl (C=O) groups is 1. The fourth-order valence-electron chi connectivity index (χ4n) is 1.11. The molecule has 1 amide bonds. The van der Waals surface area contributed by atoms with Crippen LogP contribution in [0.2, 0.25) is 0 Å². The second-order valence-electron chi connectivity index (χ2n) is 2.73. The van der Waals surface area contributed by atoms with E-state index >= 15 is 0 Å². The van der Waals surface area contributed by atoms with Gasteiger partial charge in [0.2, 0.25) is 0 Å². The summed E-state index contributed by atoms with van der Waals surface area (Å²) in [6, 6.07) is 3.61. The number of carbonyl (C=O) groups excluding carboxylic acids is 1. The third-order valence-electron chi connectivity index (χ3n) is 1.81. The van der Waals surface area contributed by atoms with Crippen molar-refractivity contribution in [3.05, 3.63) is 44.3 Å². The molecule has 0 radical (unpaired) electrons. The van der Waals surface area contributed by atoms with Crippen LogP contribution in [-0.2, 0) is 0 Å². The van der Waals surface area contributed by atoms with Gasteiger partial charge in [0.15, 0.2) is 0 Å². The van der Waals surface area contributed by atoms with E-state index in [0.29, 0.717) is 0 Å². The Bertz CT molecular complexity index is 492. The molecule has 0 aromatic heterocycles. The van der Waals surface area contributed by atoms with Crippen molar-refractivity contribution in [1.82, 2.24) is 5.32 Å². The summed E-state index contributed by atoms with van der Waals surface area (Å²) >= 11 is 0. The highest BCUT2D eigenvalue weighted by molar-refractivity contribution is 5.98. The molecular weight excluding hydrogens is 214 g/mol. The van der Waals surface area contributed by atoms with Gasteiger partial charge >= 0.3 is 0 Å². The molecule has 0 aliphatic rings. The van der Waals surface area contributed by atoms with Gasteiger partial charge in [-0.25, -0.2) is 0 Å². The first-order valence-corrected chi connectivity index (χ1v) is 4.15. The van der Waals surface area contributed by atoms with E-state index < -0.39 is 16.5 Å². The van der Waals surface area contributed by atoms with Crippen molar-refractivity contribution in [3.8, 4) is 0 Å². The zero-order valence-corrected chi connectivity index (χ0v) is 8.25. The van der Waals surface area contributed by atoms with Gasteiger partial charge in [-0.3, -0.25) is 14.9 Å². The van der Waals surface area contributed by atoms with Crippen LogP contribution in [0.1, 0.15) is 10.4 Å². The van der Waals surface area contributed by atoms with Gasteiger partial charge in [-0.05, 0) is 11.6 Å². The molecule has 0 saturated heterocycles. The molecule has 82 valence electrons. The molecule has 0 saturated carbocycles. The normalized spacial score (nSPS) is 9.06. The predicted octanol–water partition coefficient (Wildman–Crippen LogP) is 1.90. The molecule has 1 aromatic rings. The van der Waals surface area contributed by atoms with Crippen LogP contribution in [0.15, 0.2) is 23.3 Å². The Balaban J connectivity index is 3.35. The van der Waals surface area contributed by atoms with E-state index in [4.69, 9.17) is 5.53 Å². The first kappa shape index (κ1) is 11.5. The Kier molecular flexibility index (Phi) is 3.41. The minimum absolute atomic E-state index is 0.0793. The highest BCUT2D eigenvalue weighted by Crippen LogP contribution is 2.24. The van der Waals surface area contributed by atoms with Gasteiger partial charge in [-0.1, -0.05) is 11.2 Å². The van der Waals surface area contributed by atoms with Crippen LogP contribution in [0.25, 0.3) is 10.4 Å². The molecule has 0 aliphatic carbocycles. The minimum Gasteiger partial charge on any atom is -0.355 e. The molecule has 1 rings (SSSR count). The summed E-state index contributed by atoms with van der Waals surface area (Å²) in [5, 5.41) is 16.2. The average Bonchev–Trinajstić information content (AvgIpc) is 2.28. The second kappa shape index (κ2) is 4.76. The topological polar surface area (TPSA) is 121 Å². The molecule has 1 aromatic carbocycles. The first-order chi connectivity index (χ1) is 7.60. The van der Waals surface area contributed by atoms with Crippen LogP contribution in [0, 0.1) is 10.1 Å². The Morgan fingerprint density at radius 2 is 2.31 bits per heavy atom. The Labute approximate surface area is 89.7 Å². The van der Waals surface area contributed by atoms with Crippen LogP contribution in [0.4, 0.5) is 11.4 Å². The van der Waals surface area contributed by atoms with Crippen molar-refractivity contribution in [1.29, 1.82) is 0 Å². The lowest BCUT2D eigenvalue weighted by molar-refractivity contribution is -0.385. The Hall–Kier alpha value is -2.60. The third-order valence-corrected chi connectivity index (χ3v) is 1.81. The van der Waals surface area contributed by atoms with Gasteiger partial charge < -0.3 is 5.32 Å². The lowest BCUT2D eigenvalue weighted by atomic mass is 10.1. The number of hydrogen-bond acceptors (Lipinski definition) is 4. The summed E-state index contributed by atoms with van der Waals surface area (Å²) in [6.07, 6.45) is 0. The van der Waals surface area contributed by atoms with Crippen molar-refractivity contribution >= 4 is 17.3 Å². The van der Waals surface area contributed by atoms with Crippen LogP contribution < -0.4 is 5.32 Å². The fourth-order valence-corrected chi connectivity index (χ4v) is 1.11. The Morgan fingerprint density at radius 3 is 2.81 bits per heavy atom. The van der Waals surface area contributed by atoms with Crippen LogP contribution >= 0.6 is 0 Å². The maximum Gasteiger partial charge on any atom is 0.282 e. The van der Waals surface area contributed by atoms with Crippen molar-refractivity contribution in [2.75, 3.05) is 7.05 Å². The van der Waals surface area contributed by atoms with Gasteiger partial charge in [0.25, 0.3) is 11.6 Å². The molecular formula is C8H7N5O3. The number of nitro groups is 1. The van der Waals surface area contributed by atoms with Crippen LogP contribution in [0.3, 0.4) is 0 Å². The average molecular weight is 221 g/mol. The maximum absolute atomic E-state index is 11.3. The summed E-state index contributed by atoms with van der Waals surface area (Å²) in [5.74, 6) is -0.570. The third kappa shape index (κ3) is 2.25. The van der Waals surface area contributed by atoms with E-state index in [1.54, 1.807) is 0 Å². The highest BCUT2D eigenvalue weighted by atomic mass is 16.6. The van der Waals surface area contributed by atoms with Gasteiger partial charge in [0, 0.05) is 23.7 Å². The maximum atomic E-state index is 11.3. The zero-order valence-electron chi connectivity index (χ0n) is 8.25. The van der Waals surface area contributed by atoms with Gasteiger partial charge in [0.1, 0.15) is 5.56 Å². The molecule has 8 heteroatoms. The first-order valence-electron chi connectivity index (χ1n) is 4.15. The lowest BCUT2D eigenvalue weighted by Crippen LogP contribution is -2.19. The van der Waals surface area contributed by atoms with E-state index in [0.717, 1.165) is 6.07 Å². The molecule has 0 bridgehead atoms. The summed E-state index contributed by atoms with van der Waals surface area (Å²) in [7, 11) is 1.37. The second-order valence-corrected chi connectivity index (χ2v) is 2.73. The van der Waals surface area contributed by atoms with Gasteiger partial charge in [0.05, 0.1) is 4.92 Å². The Morgan fingerprint density at radius 1 is 1.62 bits per heavy atom. The molecule has 0 fully saturated rings. The molecule has 1 N–H and O–H groups in total. The molecule has 0 heterocycles. The van der Waals surface area contributed by atoms with E-state index in [1.807, 2.05) is 0 Å². The van der Waals surface area contributed by atoms with Crippen LogP contribution in [-0.4, -0.2) is 17.9 Å². The largest absolute Gasteiger partial charge is 0.355 e. The van der Waals surface area contributed by atoms with Crippen molar-refractivity contribution in [2.45, 2.75) is 0 Å². The minimum atomic E-state index is -0.707. The number of nitrogens with zero attached hydrogens (tertiary/aromatic N) is 4. The van der Waals surface area contributed by atoms with E-state index in [9.17, 15) is 14.9 Å². The monoisotopic (exact) mass is 221 g/mol. The molecule has 0 spiro atoms. The SMILES string of the molecule is CNC(=O)c1ccc(N=[N+]=[N-])cc1[N+](=O)[O-]. The summed E-state index contributed by atoms with van der Waals surface area (Å²) in [5.41, 5.74) is 7.79. The molecule has 8 nitrogen and oxygen atoms in total. The predicted molar refractivity (Wildman–Crippen MR) is 55.3 cm³/mol. The standard InChI is InChI=1S/C8H7N5O3/c1-10-8(14)6-3-2-5(11-12-9)4-7(6)13(15)16/h2-4H,1H3,(H,10,14). The number of hydrogen-bond donors (Lipinski definition) is 1. The van der Waals surface area contributed by atoms with Crippen molar-refractivity contribution in [3.63, 3.8) is 0 Å². The summed E-state index contributed by atoms with van der Waals surface area (Å²) in [4.78, 5) is 23.8. The molecule has 0 unspecified atom stereocenters. The molecule has 16 heavy (non-hydrogen) atoms. The quantitative estimate of drug-likeness (QED) is 0.275. The van der Waals surface area contributed by atoms with E-state index in [-0.39, 0.29) is 11.3 Å². The van der Waals surface area contributed by atoms with E-state index in [1.165, 1.54) is 19.2 Å². The van der Waals surface area contributed by atoms with Gasteiger partial charge in [-0.2, -0.15) is 0 Å². The lowest BCUT2D eigenvalue weighted by Gasteiger charge is -2.01. The number of azide groups is 1. The number of nitrogens with one attached hydrogen (secondary N) is 1. The number of benzene rings is 1. The number of amides is 1. The number of rotatable bonds is 3. The molecule has 0 aliphatic heterocycles. The smallest absolute Gasteiger partial charge is 0.282 e. The van der Waals surface area contributed by atoms with Crippen LogP contribution in [0.5, 0.6) is 0 Å². The van der Waals surface area contributed by atoms with Crippen molar-refractivity contribution in [2.24, 2.45) is 5.11 Å². The molecule has 0 atom stereocenters. The zero-order chi connectivity index (χ0) is 12.1. The summed E-state index contributed by atoms with van der Waals surface area (Å²) in [6.45, 7) is 0. The van der Waals surface area contributed by atoms with E-state index in [2.05, 4.69) is 15.3 Å². The fraction of sp³-hybridized carbons (Fsp3) is 0.125.